The molecule has 0 aliphatic heterocycles. The molecular formula is C13H14N2O2S. The summed E-state index contributed by atoms with van der Waals surface area (Å²) in [6, 6.07) is 1.78. The summed E-state index contributed by atoms with van der Waals surface area (Å²) in [6.45, 7) is 1.85. The third-order valence-electron chi connectivity index (χ3n) is 3.13. The molecular weight excluding hydrogens is 248 g/mol. The van der Waals surface area contributed by atoms with Crippen LogP contribution in [0.1, 0.15) is 39.5 Å². The third-order valence-corrected chi connectivity index (χ3v) is 4.21. The maximum absolute atomic E-state index is 12.0. The first-order valence-electron chi connectivity index (χ1n) is 6.08. The molecule has 0 unspecified atom stereocenters. The lowest BCUT2D eigenvalue weighted by atomic mass is 10.0. The minimum absolute atomic E-state index is 0.219. The average Bonchev–Trinajstić information content (AvgIpc) is 2.94. The van der Waals surface area contributed by atoms with Gasteiger partial charge in [0.2, 0.25) is 0 Å². The number of nitrogens with one attached hydrogen (secondary N) is 1. The lowest BCUT2D eigenvalue weighted by molar-refractivity contribution is 0.0996. The molecule has 1 aliphatic rings. The Hall–Kier alpha value is -1.62. The molecule has 0 saturated carbocycles. The second kappa shape index (κ2) is 4.57. The maximum Gasteiger partial charge on any atom is 0.293 e. The highest BCUT2D eigenvalue weighted by molar-refractivity contribution is 7.15. The smallest absolute Gasteiger partial charge is 0.293 e. The number of anilines is 1. The number of carbonyl (C=O) groups excluding carboxylic acids is 1. The van der Waals surface area contributed by atoms with Crippen molar-refractivity contribution in [2.24, 2.45) is 0 Å². The fraction of sp³-hybridized carbons (Fsp3) is 0.385. The Kier molecular flexibility index (Phi) is 2.91. The van der Waals surface area contributed by atoms with Crippen molar-refractivity contribution in [1.82, 2.24) is 4.98 Å². The average molecular weight is 262 g/mol. The Morgan fingerprint density at radius 1 is 1.44 bits per heavy atom. The number of carbonyl (C=O) groups is 1. The van der Waals surface area contributed by atoms with Gasteiger partial charge in [0.15, 0.2) is 10.9 Å². The third kappa shape index (κ3) is 2.06. The van der Waals surface area contributed by atoms with E-state index in [1.165, 1.54) is 24.0 Å². The van der Waals surface area contributed by atoms with Crippen LogP contribution in [-0.4, -0.2) is 10.9 Å². The van der Waals surface area contributed by atoms with Crippen molar-refractivity contribution in [3.8, 4) is 0 Å². The van der Waals surface area contributed by atoms with E-state index < -0.39 is 0 Å². The number of nitrogens with zero attached hydrogens (tertiary/aromatic N) is 1. The summed E-state index contributed by atoms with van der Waals surface area (Å²) in [5.41, 5.74) is 1.99. The van der Waals surface area contributed by atoms with Gasteiger partial charge in [0, 0.05) is 10.4 Å². The predicted octanol–water partition coefficient (Wildman–Crippen LogP) is 3.18. The summed E-state index contributed by atoms with van der Waals surface area (Å²) in [6.07, 6.45) is 6.06. The largest absolute Gasteiger partial charge is 0.459 e. The molecule has 0 fully saturated rings. The van der Waals surface area contributed by atoms with E-state index in [-0.39, 0.29) is 5.91 Å². The summed E-state index contributed by atoms with van der Waals surface area (Å²) >= 11 is 1.58. The van der Waals surface area contributed by atoms with Gasteiger partial charge in [-0.3, -0.25) is 10.1 Å². The number of thiazole rings is 1. The van der Waals surface area contributed by atoms with Crippen LogP contribution in [-0.2, 0) is 12.8 Å². The molecule has 2 aromatic rings. The van der Waals surface area contributed by atoms with Crippen LogP contribution >= 0.6 is 11.3 Å². The van der Waals surface area contributed by atoms with Crippen molar-refractivity contribution < 1.29 is 9.21 Å². The monoisotopic (exact) mass is 262 g/mol. The SMILES string of the molecule is Cc1ccoc1C(=O)Nc1nc2c(s1)CCCC2. The van der Waals surface area contributed by atoms with E-state index in [0.717, 1.165) is 24.1 Å². The molecule has 0 radical (unpaired) electrons. The van der Waals surface area contributed by atoms with Crippen molar-refractivity contribution in [3.63, 3.8) is 0 Å². The Balaban J connectivity index is 1.79. The van der Waals surface area contributed by atoms with Gasteiger partial charge in [0.1, 0.15) is 0 Å². The molecule has 1 N–H and O–H groups in total. The fourth-order valence-corrected chi connectivity index (χ4v) is 3.21. The molecule has 5 heteroatoms. The Labute approximate surface area is 109 Å². The Bertz CT molecular complexity index is 562. The van der Waals surface area contributed by atoms with Gasteiger partial charge in [-0.15, -0.1) is 11.3 Å². The molecule has 0 atom stereocenters. The topological polar surface area (TPSA) is 55.1 Å². The molecule has 2 heterocycles. The van der Waals surface area contributed by atoms with Crippen LogP contribution in [0.5, 0.6) is 0 Å². The zero-order valence-electron chi connectivity index (χ0n) is 10.2. The van der Waals surface area contributed by atoms with Crippen LogP contribution in [0.4, 0.5) is 5.13 Å². The van der Waals surface area contributed by atoms with Crippen LogP contribution in [0.25, 0.3) is 0 Å². The first kappa shape index (κ1) is 11.5. The summed E-state index contributed by atoms with van der Waals surface area (Å²) in [7, 11) is 0. The zero-order chi connectivity index (χ0) is 12.5. The number of aryl methyl sites for hydroxylation is 3. The van der Waals surface area contributed by atoms with E-state index in [2.05, 4.69) is 10.3 Å². The van der Waals surface area contributed by atoms with E-state index >= 15 is 0 Å². The second-order valence-corrected chi connectivity index (χ2v) is 5.57. The van der Waals surface area contributed by atoms with Gasteiger partial charge in [0.05, 0.1) is 12.0 Å². The summed E-state index contributed by atoms with van der Waals surface area (Å²) in [4.78, 5) is 17.8. The quantitative estimate of drug-likeness (QED) is 0.904. The van der Waals surface area contributed by atoms with Gasteiger partial charge < -0.3 is 4.42 Å². The van der Waals surface area contributed by atoms with E-state index in [4.69, 9.17) is 4.42 Å². The Morgan fingerprint density at radius 3 is 3.00 bits per heavy atom. The molecule has 0 bridgehead atoms. The molecule has 0 spiro atoms. The van der Waals surface area contributed by atoms with Gasteiger partial charge in [0.25, 0.3) is 5.91 Å². The Morgan fingerprint density at radius 2 is 2.28 bits per heavy atom. The minimum Gasteiger partial charge on any atom is -0.459 e. The molecule has 0 aromatic carbocycles. The van der Waals surface area contributed by atoms with E-state index in [0.29, 0.717) is 10.9 Å². The highest BCUT2D eigenvalue weighted by Gasteiger charge is 2.18. The fourth-order valence-electron chi connectivity index (χ4n) is 2.16. The van der Waals surface area contributed by atoms with Crippen molar-refractivity contribution in [2.45, 2.75) is 32.6 Å². The standard InChI is InChI=1S/C13H14N2O2S/c1-8-6-7-17-11(8)12(16)15-13-14-9-4-2-3-5-10(9)18-13/h6-7H,2-5H2,1H3,(H,14,15,16). The highest BCUT2D eigenvalue weighted by atomic mass is 32.1. The van der Waals surface area contributed by atoms with Gasteiger partial charge in [-0.05, 0) is 38.7 Å². The van der Waals surface area contributed by atoms with Crippen molar-refractivity contribution in [1.29, 1.82) is 0 Å². The van der Waals surface area contributed by atoms with E-state index in [9.17, 15) is 4.79 Å². The molecule has 1 aliphatic carbocycles. The second-order valence-electron chi connectivity index (χ2n) is 4.48. The first-order chi connectivity index (χ1) is 8.74. The molecule has 4 nitrogen and oxygen atoms in total. The molecule has 18 heavy (non-hydrogen) atoms. The summed E-state index contributed by atoms with van der Waals surface area (Å²) in [5, 5.41) is 3.50. The number of hydrogen-bond donors (Lipinski definition) is 1. The van der Waals surface area contributed by atoms with Gasteiger partial charge in [-0.2, -0.15) is 0 Å². The normalized spacial score (nSPS) is 14.3. The molecule has 3 rings (SSSR count). The number of amides is 1. The van der Waals surface area contributed by atoms with Crippen LogP contribution in [0, 0.1) is 6.92 Å². The predicted molar refractivity (Wildman–Crippen MR) is 70.2 cm³/mol. The van der Waals surface area contributed by atoms with Crippen LogP contribution in [0.15, 0.2) is 16.7 Å². The lowest BCUT2D eigenvalue weighted by Gasteiger charge is -2.06. The van der Waals surface area contributed by atoms with Crippen molar-refractivity contribution in [3.05, 3.63) is 34.2 Å². The maximum atomic E-state index is 12.0. The van der Waals surface area contributed by atoms with Gasteiger partial charge >= 0.3 is 0 Å². The number of rotatable bonds is 2. The molecule has 94 valence electrons. The van der Waals surface area contributed by atoms with Crippen LogP contribution in [0.3, 0.4) is 0 Å². The minimum atomic E-state index is -0.219. The van der Waals surface area contributed by atoms with Crippen LogP contribution < -0.4 is 5.32 Å². The molecule has 2 aromatic heterocycles. The lowest BCUT2D eigenvalue weighted by Crippen LogP contribution is -2.11. The number of aromatic nitrogens is 1. The first-order valence-corrected chi connectivity index (χ1v) is 6.90. The van der Waals surface area contributed by atoms with E-state index in [1.54, 1.807) is 17.4 Å². The van der Waals surface area contributed by atoms with Crippen molar-refractivity contribution in [2.75, 3.05) is 5.32 Å². The zero-order valence-corrected chi connectivity index (χ0v) is 11.0. The molecule has 1 amide bonds. The molecule has 0 saturated heterocycles. The van der Waals surface area contributed by atoms with E-state index in [1.807, 2.05) is 6.92 Å². The highest BCUT2D eigenvalue weighted by Crippen LogP contribution is 2.29. The number of hydrogen-bond acceptors (Lipinski definition) is 4. The van der Waals surface area contributed by atoms with Gasteiger partial charge in [-0.1, -0.05) is 0 Å². The van der Waals surface area contributed by atoms with Gasteiger partial charge in [-0.25, -0.2) is 4.98 Å². The number of furan rings is 1. The van der Waals surface area contributed by atoms with Crippen LogP contribution in [0.2, 0.25) is 0 Å². The summed E-state index contributed by atoms with van der Waals surface area (Å²) < 4.78 is 5.17. The van der Waals surface area contributed by atoms with Crippen molar-refractivity contribution >= 4 is 22.4 Å². The number of fused-ring (bicyclic) bond motifs is 1. The summed E-state index contributed by atoms with van der Waals surface area (Å²) in [5.74, 6) is 0.145.